The number of benzene rings is 1. The lowest BCUT2D eigenvalue weighted by atomic mass is 10.1. The van der Waals surface area contributed by atoms with Crippen molar-refractivity contribution in [3.63, 3.8) is 0 Å². The molecular formula is C22H22N6OS2. The number of fused-ring (bicyclic) bond motifs is 1. The summed E-state index contributed by atoms with van der Waals surface area (Å²) >= 11 is 2.89. The number of nitrogens with two attached hydrogens (primary N) is 1. The summed E-state index contributed by atoms with van der Waals surface area (Å²) in [6, 6.07) is 10.5. The number of aryl methyl sites for hydroxylation is 2. The first-order valence-electron chi connectivity index (χ1n) is 10.1. The fourth-order valence-corrected chi connectivity index (χ4v) is 5.37. The lowest BCUT2D eigenvalue weighted by molar-refractivity contribution is -0.118. The monoisotopic (exact) mass is 450 g/mol. The van der Waals surface area contributed by atoms with Gasteiger partial charge in [-0.2, -0.15) is 0 Å². The highest BCUT2D eigenvalue weighted by Gasteiger charge is 2.25. The van der Waals surface area contributed by atoms with Crippen molar-refractivity contribution in [3.8, 4) is 16.4 Å². The van der Waals surface area contributed by atoms with Crippen LogP contribution in [-0.4, -0.2) is 37.5 Å². The van der Waals surface area contributed by atoms with Crippen LogP contribution in [0.4, 0.5) is 5.69 Å². The zero-order valence-electron chi connectivity index (χ0n) is 17.3. The van der Waals surface area contributed by atoms with E-state index in [0.29, 0.717) is 28.5 Å². The Kier molecular flexibility index (Phi) is 5.15. The van der Waals surface area contributed by atoms with E-state index in [1.54, 1.807) is 6.20 Å². The molecule has 3 N–H and O–H groups in total. The maximum absolute atomic E-state index is 12.3. The third-order valence-corrected chi connectivity index (χ3v) is 7.13. The lowest BCUT2D eigenvalue weighted by Crippen LogP contribution is -2.27. The number of carbonyl (C=O) groups is 1. The van der Waals surface area contributed by atoms with Gasteiger partial charge in [0, 0.05) is 17.6 Å². The number of thioether (sulfide) groups is 1. The maximum atomic E-state index is 12.3. The van der Waals surface area contributed by atoms with Gasteiger partial charge in [0.05, 0.1) is 22.0 Å². The first-order valence-corrected chi connectivity index (χ1v) is 11.9. The van der Waals surface area contributed by atoms with Crippen LogP contribution in [0.1, 0.15) is 24.0 Å². The van der Waals surface area contributed by atoms with Crippen molar-refractivity contribution >= 4 is 44.9 Å². The number of hydrogen-bond acceptors (Lipinski definition) is 7. The number of nitrogens with zero attached hydrogens (tertiary/aromatic N) is 4. The number of pyridine rings is 1. The van der Waals surface area contributed by atoms with Gasteiger partial charge in [0.1, 0.15) is 4.83 Å². The number of anilines is 1. The quantitative estimate of drug-likeness (QED) is 0.429. The minimum absolute atomic E-state index is 0.0228. The van der Waals surface area contributed by atoms with Crippen LogP contribution in [-0.2, 0) is 4.79 Å². The molecule has 0 bridgehead atoms. The highest BCUT2D eigenvalue weighted by molar-refractivity contribution is 7.99. The van der Waals surface area contributed by atoms with Crippen LogP contribution in [0.2, 0.25) is 0 Å². The minimum Gasteiger partial charge on any atom is -0.397 e. The molecule has 1 amide bonds. The van der Waals surface area contributed by atoms with Gasteiger partial charge in [-0.05, 0) is 62.1 Å². The van der Waals surface area contributed by atoms with Crippen LogP contribution >= 0.6 is 23.1 Å². The second kappa shape index (κ2) is 7.97. The molecule has 0 saturated heterocycles. The number of nitrogen functional groups attached to an aromatic ring is 1. The summed E-state index contributed by atoms with van der Waals surface area (Å²) in [4.78, 5) is 18.4. The molecule has 0 unspecified atom stereocenters. The Morgan fingerprint density at radius 1 is 1.26 bits per heavy atom. The molecule has 3 aromatic heterocycles. The molecule has 1 fully saturated rings. The molecule has 3 heterocycles. The zero-order valence-corrected chi connectivity index (χ0v) is 18.9. The van der Waals surface area contributed by atoms with Crippen molar-refractivity contribution in [1.82, 2.24) is 25.1 Å². The fourth-order valence-electron chi connectivity index (χ4n) is 3.57. The molecule has 0 atom stereocenters. The summed E-state index contributed by atoms with van der Waals surface area (Å²) in [7, 11) is 0. The van der Waals surface area contributed by atoms with Gasteiger partial charge in [0.25, 0.3) is 0 Å². The molecule has 158 valence electrons. The summed E-state index contributed by atoms with van der Waals surface area (Å²) < 4.78 is 2.00. The predicted molar refractivity (Wildman–Crippen MR) is 126 cm³/mol. The smallest absolute Gasteiger partial charge is 0.230 e. The zero-order chi connectivity index (χ0) is 21.5. The average Bonchev–Trinajstić information content (AvgIpc) is 3.34. The standard InChI is InChI=1S/C22H22N6OS2/c1-12-8-13(2)10-15(9-12)28-20(19-18(23)16-4-3-7-24-21(16)31-19)26-27-22(28)30-11-17(29)25-14-5-6-14/h3-4,7-10,14H,5-6,11,23H2,1-2H3,(H,25,29). The Bertz CT molecular complexity index is 1270. The molecule has 4 aromatic rings. The number of hydrogen-bond donors (Lipinski definition) is 2. The Balaban J connectivity index is 1.59. The van der Waals surface area contributed by atoms with Crippen molar-refractivity contribution < 1.29 is 4.79 Å². The SMILES string of the molecule is Cc1cc(C)cc(-n2c(SCC(=O)NC3CC3)nnc2-c2sc3ncccc3c2N)c1. The van der Waals surface area contributed by atoms with E-state index >= 15 is 0 Å². The van der Waals surface area contributed by atoms with Crippen molar-refractivity contribution in [2.45, 2.75) is 37.9 Å². The van der Waals surface area contributed by atoms with Gasteiger partial charge in [-0.15, -0.1) is 21.5 Å². The van der Waals surface area contributed by atoms with E-state index in [1.807, 2.05) is 16.7 Å². The molecule has 7 nitrogen and oxygen atoms in total. The topological polar surface area (TPSA) is 98.7 Å². The molecule has 5 rings (SSSR count). The summed E-state index contributed by atoms with van der Waals surface area (Å²) in [5.74, 6) is 0.980. The Morgan fingerprint density at radius 2 is 2.03 bits per heavy atom. The third-order valence-electron chi connectivity index (χ3n) is 5.08. The molecule has 0 aliphatic heterocycles. The molecular weight excluding hydrogens is 428 g/mol. The molecule has 31 heavy (non-hydrogen) atoms. The largest absolute Gasteiger partial charge is 0.397 e. The van der Waals surface area contributed by atoms with E-state index < -0.39 is 0 Å². The highest BCUT2D eigenvalue weighted by atomic mass is 32.2. The van der Waals surface area contributed by atoms with Gasteiger partial charge in [-0.25, -0.2) is 4.98 Å². The van der Waals surface area contributed by atoms with Crippen LogP contribution in [0.3, 0.4) is 0 Å². The number of nitrogens with one attached hydrogen (secondary N) is 1. The second-order valence-corrected chi connectivity index (χ2v) is 9.76. The van der Waals surface area contributed by atoms with Crippen molar-refractivity contribution in [1.29, 1.82) is 0 Å². The molecule has 1 aliphatic rings. The summed E-state index contributed by atoms with van der Waals surface area (Å²) in [5.41, 5.74) is 10.4. The van der Waals surface area contributed by atoms with Gasteiger partial charge in [-0.3, -0.25) is 9.36 Å². The van der Waals surface area contributed by atoms with Crippen molar-refractivity contribution in [3.05, 3.63) is 47.7 Å². The third kappa shape index (κ3) is 4.03. The number of rotatable bonds is 6. The first-order chi connectivity index (χ1) is 15.0. The van der Waals surface area contributed by atoms with Gasteiger partial charge in [0.15, 0.2) is 11.0 Å². The Hall–Kier alpha value is -2.91. The minimum atomic E-state index is 0.0228. The molecule has 9 heteroatoms. The van der Waals surface area contributed by atoms with Crippen LogP contribution in [0.5, 0.6) is 0 Å². The number of amides is 1. The van der Waals surface area contributed by atoms with Crippen molar-refractivity contribution in [2.75, 3.05) is 11.5 Å². The van der Waals surface area contributed by atoms with E-state index in [1.165, 1.54) is 23.1 Å². The summed E-state index contributed by atoms with van der Waals surface area (Å²) in [6.07, 6.45) is 3.90. The van der Waals surface area contributed by atoms with E-state index in [2.05, 4.69) is 52.5 Å². The Labute approximate surface area is 188 Å². The van der Waals surface area contributed by atoms with E-state index in [9.17, 15) is 4.79 Å². The van der Waals surface area contributed by atoms with E-state index in [-0.39, 0.29) is 5.91 Å². The normalized spacial score (nSPS) is 13.6. The molecule has 1 aliphatic carbocycles. The van der Waals surface area contributed by atoms with E-state index in [4.69, 9.17) is 5.73 Å². The van der Waals surface area contributed by atoms with Gasteiger partial charge in [-0.1, -0.05) is 17.8 Å². The molecule has 0 spiro atoms. The molecule has 1 saturated carbocycles. The van der Waals surface area contributed by atoms with Crippen LogP contribution in [0.25, 0.3) is 26.6 Å². The average molecular weight is 451 g/mol. The number of aromatic nitrogens is 4. The number of carbonyl (C=O) groups excluding carboxylic acids is 1. The van der Waals surface area contributed by atoms with E-state index in [0.717, 1.165) is 44.7 Å². The predicted octanol–water partition coefficient (Wildman–Crippen LogP) is 4.11. The maximum Gasteiger partial charge on any atom is 0.230 e. The van der Waals surface area contributed by atoms with Gasteiger partial charge in [0.2, 0.25) is 5.91 Å². The van der Waals surface area contributed by atoms with Gasteiger partial charge < -0.3 is 11.1 Å². The molecule has 0 radical (unpaired) electrons. The highest BCUT2D eigenvalue weighted by Crippen LogP contribution is 2.41. The summed E-state index contributed by atoms with van der Waals surface area (Å²) in [5, 5.41) is 13.5. The first kappa shape index (κ1) is 20.0. The Morgan fingerprint density at radius 3 is 2.74 bits per heavy atom. The summed E-state index contributed by atoms with van der Waals surface area (Å²) in [6.45, 7) is 4.13. The van der Waals surface area contributed by atoms with Crippen LogP contribution in [0, 0.1) is 13.8 Å². The van der Waals surface area contributed by atoms with Crippen LogP contribution in [0.15, 0.2) is 41.7 Å². The van der Waals surface area contributed by atoms with Crippen LogP contribution < -0.4 is 11.1 Å². The van der Waals surface area contributed by atoms with Crippen molar-refractivity contribution in [2.24, 2.45) is 0 Å². The molecule has 1 aromatic carbocycles. The van der Waals surface area contributed by atoms with Gasteiger partial charge >= 0.3 is 0 Å². The number of thiophene rings is 1. The lowest BCUT2D eigenvalue weighted by Gasteiger charge is -2.12. The fraction of sp³-hybridized carbons (Fsp3) is 0.273. The second-order valence-electron chi connectivity index (χ2n) is 7.82.